The van der Waals surface area contributed by atoms with Crippen LogP contribution in [0.1, 0.15) is 55.1 Å². The molecule has 21 heavy (non-hydrogen) atoms. The Morgan fingerprint density at radius 3 is 2.57 bits per heavy atom. The van der Waals surface area contributed by atoms with Gasteiger partial charge in [-0.05, 0) is 37.0 Å². The summed E-state index contributed by atoms with van der Waals surface area (Å²) in [5, 5.41) is 9.54. The molecule has 0 radical (unpaired) electrons. The SMILES string of the molecule is CCCCc1ccc(NC(=O)c2n[nH]c(CCC)n2)cc1. The third-order valence-corrected chi connectivity index (χ3v) is 3.25. The van der Waals surface area contributed by atoms with Gasteiger partial charge in [0, 0.05) is 12.1 Å². The van der Waals surface area contributed by atoms with Gasteiger partial charge in [0.15, 0.2) is 0 Å². The molecule has 0 unspecified atom stereocenters. The van der Waals surface area contributed by atoms with E-state index in [0.717, 1.165) is 30.8 Å². The van der Waals surface area contributed by atoms with Crippen LogP contribution in [0.25, 0.3) is 0 Å². The Bertz CT molecular complexity index is 574. The van der Waals surface area contributed by atoms with Gasteiger partial charge >= 0.3 is 0 Å². The van der Waals surface area contributed by atoms with Crippen molar-refractivity contribution in [3.8, 4) is 0 Å². The number of aryl methyl sites for hydroxylation is 2. The van der Waals surface area contributed by atoms with Crippen molar-refractivity contribution in [3.05, 3.63) is 41.5 Å². The molecule has 0 aliphatic heterocycles. The van der Waals surface area contributed by atoms with Gasteiger partial charge in [-0.2, -0.15) is 0 Å². The minimum atomic E-state index is -0.282. The number of H-pyrrole nitrogens is 1. The maximum Gasteiger partial charge on any atom is 0.295 e. The van der Waals surface area contributed by atoms with E-state index in [0.29, 0.717) is 0 Å². The number of nitrogens with one attached hydrogen (secondary N) is 2. The molecule has 1 aromatic carbocycles. The van der Waals surface area contributed by atoms with Crippen molar-refractivity contribution in [3.63, 3.8) is 0 Å². The Balaban J connectivity index is 1.95. The van der Waals surface area contributed by atoms with E-state index in [-0.39, 0.29) is 11.7 Å². The molecule has 0 saturated heterocycles. The van der Waals surface area contributed by atoms with E-state index in [1.165, 1.54) is 18.4 Å². The fourth-order valence-electron chi connectivity index (χ4n) is 2.07. The Hall–Kier alpha value is -2.17. The number of aromatic amines is 1. The molecular formula is C16H22N4O. The number of benzene rings is 1. The molecule has 1 amide bonds. The Labute approximate surface area is 125 Å². The average Bonchev–Trinajstić information content (AvgIpc) is 2.96. The zero-order valence-electron chi connectivity index (χ0n) is 12.6. The zero-order valence-corrected chi connectivity index (χ0v) is 12.6. The first-order valence-corrected chi connectivity index (χ1v) is 7.54. The highest BCUT2D eigenvalue weighted by Gasteiger charge is 2.12. The fourth-order valence-corrected chi connectivity index (χ4v) is 2.07. The molecule has 112 valence electrons. The van der Waals surface area contributed by atoms with Crippen LogP contribution in [0.5, 0.6) is 0 Å². The molecule has 0 saturated carbocycles. The van der Waals surface area contributed by atoms with E-state index in [9.17, 15) is 4.79 Å². The van der Waals surface area contributed by atoms with Gasteiger partial charge in [0.2, 0.25) is 5.82 Å². The standard InChI is InChI=1S/C16H22N4O/c1-3-5-7-12-8-10-13(11-9-12)17-16(21)15-18-14(6-4-2)19-20-15/h8-11H,3-7H2,1-2H3,(H,17,21)(H,18,19,20). The summed E-state index contributed by atoms with van der Waals surface area (Å²) in [4.78, 5) is 16.2. The molecule has 5 nitrogen and oxygen atoms in total. The predicted molar refractivity (Wildman–Crippen MR) is 83.4 cm³/mol. The van der Waals surface area contributed by atoms with Crippen LogP contribution >= 0.6 is 0 Å². The fraction of sp³-hybridized carbons (Fsp3) is 0.438. The molecule has 1 heterocycles. The van der Waals surface area contributed by atoms with E-state index >= 15 is 0 Å². The number of hydrogen-bond donors (Lipinski definition) is 2. The number of carbonyl (C=O) groups is 1. The molecule has 0 aliphatic rings. The van der Waals surface area contributed by atoms with Crippen LogP contribution in [-0.2, 0) is 12.8 Å². The third-order valence-electron chi connectivity index (χ3n) is 3.25. The third kappa shape index (κ3) is 4.41. The van der Waals surface area contributed by atoms with Crippen LogP contribution in [0.15, 0.2) is 24.3 Å². The second kappa shape index (κ2) is 7.57. The number of aromatic nitrogens is 3. The molecule has 0 bridgehead atoms. The maximum absolute atomic E-state index is 12.0. The average molecular weight is 286 g/mol. The van der Waals surface area contributed by atoms with E-state index in [4.69, 9.17) is 0 Å². The summed E-state index contributed by atoms with van der Waals surface area (Å²) in [6.07, 6.45) is 5.21. The molecule has 0 aliphatic carbocycles. The molecule has 1 aromatic heterocycles. The van der Waals surface area contributed by atoms with E-state index in [2.05, 4.69) is 34.3 Å². The van der Waals surface area contributed by atoms with Crippen LogP contribution in [0.4, 0.5) is 5.69 Å². The van der Waals surface area contributed by atoms with Crippen molar-refractivity contribution >= 4 is 11.6 Å². The highest BCUT2D eigenvalue weighted by Crippen LogP contribution is 2.12. The molecule has 0 atom stereocenters. The summed E-state index contributed by atoms with van der Waals surface area (Å²) < 4.78 is 0. The van der Waals surface area contributed by atoms with Crippen LogP contribution in [-0.4, -0.2) is 21.1 Å². The lowest BCUT2D eigenvalue weighted by Gasteiger charge is -2.04. The molecule has 0 fully saturated rings. The summed E-state index contributed by atoms with van der Waals surface area (Å²) in [5.41, 5.74) is 2.06. The number of anilines is 1. The van der Waals surface area contributed by atoms with Crippen molar-refractivity contribution in [2.75, 3.05) is 5.32 Å². The normalized spacial score (nSPS) is 10.6. The summed E-state index contributed by atoms with van der Waals surface area (Å²) in [6, 6.07) is 7.93. The number of unbranched alkanes of at least 4 members (excludes halogenated alkanes) is 1. The van der Waals surface area contributed by atoms with Gasteiger partial charge < -0.3 is 5.32 Å². The first-order valence-electron chi connectivity index (χ1n) is 7.54. The predicted octanol–water partition coefficient (Wildman–Crippen LogP) is 3.35. The highest BCUT2D eigenvalue weighted by atomic mass is 16.2. The molecule has 2 N–H and O–H groups in total. The monoisotopic (exact) mass is 286 g/mol. The molecular weight excluding hydrogens is 264 g/mol. The van der Waals surface area contributed by atoms with E-state index in [1.54, 1.807) is 0 Å². The lowest BCUT2D eigenvalue weighted by atomic mass is 10.1. The number of hydrogen-bond acceptors (Lipinski definition) is 3. The summed E-state index contributed by atoms with van der Waals surface area (Å²) in [6.45, 7) is 4.24. The van der Waals surface area contributed by atoms with Gasteiger partial charge in [-0.3, -0.25) is 9.89 Å². The first kappa shape index (κ1) is 15.2. The Morgan fingerprint density at radius 2 is 1.90 bits per heavy atom. The number of rotatable bonds is 7. The van der Waals surface area contributed by atoms with Crippen LogP contribution in [0.2, 0.25) is 0 Å². The molecule has 2 aromatic rings. The quantitative estimate of drug-likeness (QED) is 0.820. The van der Waals surface area contributed by atoms with E-state index in [1.807, 2.05) is 24.3 Å². The topological polar surface area (TPSA) is 70.7 Å². The Kier molecular flexibility index (Phi) is 5.49. The lowest BCUT2D eigenvalue weighted by Crippen LogP contribution is -2.13. The van der Waals surface area contributed by atoms with Crippen LogP contribution < -0.4 is 5.32 Å². The van der Waals surface area contributed by atoms with Crippen LogP contribution in [0.3, 0.4) is 0 Å². The summed E-state index contributed by atoms with van der Waals surface area (Å²) in [7, 11) is 0. The van der Waals surface area contributed by atoms with E-state index < -0.39 is 0 Å². The second-order valence-corrected chi connectivity index (χ2v) is 5.11. The summed E-state index contributed by atoms with van der Waals surface area (Å²) >= 11 is 0. The van der Waals surface area contributed by atoms with Crippen molar-refractivity contribution in [1.29, 1.82) is 0 Å². The molecule has 2 rings (SSSR count). The van der Waals surface area contributed by atoms with Gasteiger partial charge in [-0.15, -0.1) is 5.10 Å². The largest absolute Gasteiger partial charge is 0.319 e. The van der Waals surface area contributed by atoms with Crippen molar-refractivity contribution in [2.45, 2.75) is 46.0 Å². The van der Waals surface area contributed by atoms with Crippen molar-refractivity contribution < 1.29 is 4.79 Å². The van der Waals surface area contributed by atoms with Gasteiger partial charge in [0.1, 0.15) is 5.82 Å². The van der Waals surface area contributed by atoms with Crippen molar-refractivity contribution in [2.24, 2.45) is 0 Å². The Morgan fingerprint density at radius 1 is 1.14 bits per heavy atom. The lowest BCUT2D eigenvalue weighted by molar-refractivity contribution is 0.101. The minimum absolute atomic E-state index is 0.188. The molecule has 5 heteroatoms. The number of nitrogens with zero attached hydrogens (tertiary/aromatic N) is 2. The second-order valence-electron chi connectivity index (χ2n) is 5.11. The van der Waals surface area contributed by atoms with Gasteiger partial charge in [-0.1, -0.05) is 32.4 Å². The highest BCUT2D eigenvalue weighted by molar-refractivity contribution is 6.01. The smallest absolute Gasteiger partial charge is 0.295 e. The summed E-state index contributed by atoms with van der Waals surface area (Å²) in [5.74, 6) is 0.654. The first-order chi connectivity index (χ1) is 10.2. The number of amides is 1. The number of carbonyl (C=O) groups excluding carboxylic acids is 1. The zero-order chi connectivity index (χ0) is 15.1. The van der Waals surface area contributed by atoms with Gasteiger partial charge in [-0.25, -0.2) is 4.98 Å². The molecule has 0 spiro atoms. The van der Waals surface area contributed by atoms with Crippen LogP contribution in [0, 0.1) is 0 Å². The minimum Gasteiger partial charge on any atom is -0.319 e. The van der Waals surface area contributed by atoms with Crippen molar-refractivity contribution in [1.82, 2.24) is 15.2 Å². The maximum atomic E-state index is 12.0. The van der Waals surface area contributed by atoms with Gasteiger partial charge in [0.05, 0.1) is 0 Å². The van der Waals surface area contributed by atoms with Gasteiger partial charge in [0.25, 0.3) is 5.91 Å².